The van der Waals surface area contributed by atoms with Crippen LogP contribution in [0.15, 0.2) is 0 Å². The molecule has 0 aromatic carbocycles. The smallest absolute Gasteiger partial charge is 0.240 e. The van der Waals surface area contributed by atoms with E-state index in [4.69, 9.17) is 5.73 Å². The largest absolute Gasteiger partial charge is 0.352 e. The van der Waals surface area contributed by atoms with E-state index in [0.29, 0.717) is 6.04 Å². The first kappa shape index (κ1) is 17.0. The van der Waals surface area contributed by atoms with E-state index in [2.05, 4.69) is 10.2 Å². The number of nitrogens with one attached hydrogen (secondary N) is 1. The average Bonchev–Trinajstić information content (AvgIpc) is 3.20. The summed E-state index contributed by atoms with van der Waals surface area (Å²) in [6, 6.07) is 0.360. The molecule has 0 atom stereocenters. The highest BCUT2D eigenvalue weighted by molar-refractivity contribution is 5.89. The molecule has 19 heavy (non-hydrogen) atoms. The van der Waals surface area contributed by atoms with Gasteiger partial charge in [0.2, 0.25) is 5.91 Å². The summed E-state index contributed by atoms with van der Waals surface area (Å²) in [4.78, 5) is 14.4. The van der Waals surface area contributed by atoms with Crippen LogP contribution < -0.4 is 11.1 Å². The van der Waals surface area contributed by atoms with Crippen LogP contribution in [0.2, 0.25) is 0 Å². The molecule has 0 aromatic rings. The maximum Gasteiger partial charge on any atom is 0.240 e. The number of nitrogens with two attached hydrogens (primary N) is 1. The lowest BCUT2D eigenvalue weighted by Gasteiger charge is -2.32. The van der Waals surface area contributed by atoms with Crippen molar-refractivity contribution in [2.24, 2.45) is 11.7 Å². The predicted molar refractivity (Wildman–Crippen MR) is 81.0 cm³/mol. The third-order valence-corrected chi connectivity index (χ3v) is 4.38. The van der Waals surface area contributed by atoms with Crippen LogP contribution >= 0.6 is 24.8 Å². The lowest BCUT2D eigenvalue weighted by Crippen LogP contribution is -2.50. The van der Waals surface area contributed by atoms with Gasteiger partial charge < -0.3 is 16.0 Å². The highest BCUT2D eigenvalue weighted by atomic mass is 35.5. The Morgan fingerprint density at radius 3 is 2.21 bits per heavy atom. The molecule has 4 nitrogen and oxygen atoms in total. The molecule has 6 heteroatoms. The first-order chi connectivity index (χ1) is 8.16. The molecule has 1 amide bonds. The van der Waals surface area contributed by atoms with Gasteiger partial charge in [0.25, 0.3) is 0 Å². The minimum atomic E-state index is -0.509. The second kappa shape index (κ2) is 6.61. The number of halogens is 2. The number of likely N-dealkylation sites (tertiary alicyclic amines) is 1. The minimum Gasteiger partial charge on any atom is -0.352 e. The molecule has 0 spiro atoms. The third-order valence-electron chi connectivity index (χ3n) is 4.38. The zero-order chi connectivity index (χ0) is 11.9. The fourth-order valence-electron chi connectivity index (χ4n) is 2.62. The fraction of sp³-hybridized carbons (Fsp3) is 0.923. The van der Waals surface area contributed by atoms with Crippen LogP contribution in [0.3, 0.4) is 0 Å². The van der Waals surface area contributed by atoms with Gasteiger partial charge in [-0.05, 0) is 44.4 Å². The van der Waals surface area contributed by atoms with E-state index in [9.17, 15) is 4.79 Å². The number of hydrogen-bond acceptors (Lipinski definition) is 3. The lowest BCUT2D eigenvalue weighted by molar-refractivity contribution is -0.124. The van der Waals surface area contributed by atoms with Crippen LogP contribution in [0.1, 0.15) is 38.5 Å². The Balaban J connectivity index is 0.000000902. The van der Waals surface area contributed by atoms with E-state index < -0.39 is 5.54 Å². The molecule has 1 aliphatic heterocycles. The number of nitrogens with zero attached hydrogens (tertiary/aromatic N) is 1. The van der Waals surface area contributed by atoms with E-state index in [-0.39, 0.29) is 30.7 Å². The number of piperidine rings is 1. The van der Waals surface area contributed by atoms with Crippen LogP contribution in [0.4, 0.5) is 0 Å². The van der Waals surface area contributed by atoms with Gasteiger partial charge in [0.1, 0.15) is 0 Å². The second-order valence-corrected chi connectivity index (χ2v) is 6.15. The fourth-order valence-corrected chi connectivity index (χ4v) is 2.62. The standard InChI is InChI=1S/C13H23N3O.2ClH/c14-13(5-6-13)12(17)15-11-3-7-16(8-4-11)9-10-1-2-10;;/h10-11H,1-9,14H2,(H,15,17);2*1H. The van der Waals surface area contributed by atoms with E-state index in [0.717, 1.165) is 44.7 Å². The summed E-state index contributed by atoms with van der Waals surface area (Å²) in [5, 5.41) is 3.12. The highest BCUT2D eigenvalue weighted by Gasteiger charge is 2.46. The van der Waals surface area contributed by atoms with Crippen molar-refractivity contribution in [3.05, 3.63) is 0 Å². The van der Waals surface area contributed by atoms with Gasteiger partial charge in [0, 0.05) is 25.7 Å². The maximum atomic E-state index is 11.8. The molecule has 0 unspecified atom stereocenters. The number of rotatable bonds is 4. The number of carbonyl (C=O) groups excluding carboxylic acids is 1. The summed E-state index contributed by atoms with van der Waals surface area (Å²) in [6.07, 6.45) is 6.75. The Kier molecular flexibility index (Phi) is 5.93. The molecule has 0 radical (unpaired) electrons. The quantitative estimate of drug-likeness (QED) is 0.823. The normalized spacial score (nSPS) is 25.9. The van der Waals surface area contributed by atoms with Gasteiger partial charge in [-0.1, -0.05) is 0 Å². The van der Waals surface area contributed by atoms with E-state index >= 15 is 0 Å². The molecule has 3 aliphatic rings. The first-order valence-corrected chi connectivity index (χ1v) is 6.98. The van der Waals surface area contributed by atoms with Gasteiger partial charge in [0.15, 0.2) is 0 Å². The van der Waals surface area contributed by atoms with E-state index in [1.54, 1.807) is 0 Å². The molecule has 3 N–H and O–H groups in total. The summed E-state index contributed by atoms with van der Waals surface area (Å²) in [7, 11) is 0. The maximum absolute atomic E-state index is 11.8. The average molecular weight is 310 g/mol. The van der Waals surface area contributed by atoms with Gasteiger partial charge in [0.05, 0.1) is 5.54 Å². The molecule has 1 heterocycles. The summed E-state index contributed by atoms with van der Waals surface area (Å²) >= 11 is 0. The van der Waals surface area contributed by atoms with E-state index in [1.165, 1.54) is 19.4 Å². The molecule has 2 saturated carbocycles. The molecule has 3 rings (SSSR count). The molecule has 2 aliphatic carbocycles. The minimum absolute atomic E-state index is 0. The van der Waals surface area contributed by atoms with Gasteiger partial charge in [-0.2, -0.15) is 0 Å². The Labute approximate surface area is 127 Å². The van der Waals surface area contributed by atoms with Crippen LogP contribution in [-0.2, 0) is 4.79 Å². The topological polar surface area (TPSA) is 58.4 Å². The van der Waals surface area contributed by atoms with Crippen LogP contribution in [-0.4, -0.2) is 42.0 Å². The summed E-state index contributed by atoms with van der Waals surface area (Å²) in [5.74, 6) is 1.05. The zero-order valence-electron chi connectivity index (χ0n) is 11.3. The number of amides is 1. The summed E-state index contributed by atoms with van der Waals surface area (Å²) in [5.41, 5.74) is 5.38. The van der Waals surface area contributed by atoms with Crippen molar-refractivity contribution >= 4 is 30.7 Å². The lowest BCUT2D eigenvalue weighted by atomic mass is 10.0. The van der Waals surface area contributed by atoms with Crippen molar-refractivity contribution < 1.29 is 4.79 Å². The number of carbonyl (C=O) groups is 1. The molecule has 0 bridgehead atoms. The van der Waals surface area contributed by atoms with Crippen LogP contribution in [0, 0.1) is 5.92 Å². The van der Waals surface area contributed by atoms with Crippen molar-refractivity contribution in [2.45, 2.75) is 50.1 Å². The Bertz CT molecular complexity index is 311. The van der Waals surface area contributed by atoms with Crippen molar-refractivity contribution in [3.8, 4) is 0 Å². The Hall–Kier alpha value is -0.0300. The molecule has 3 fully saturated rings. The predicted octanol–water partition coefficient (Wildman–Crippen LogP) is 1.31. The molecule has 1 saturated heterocycles. The van der Waals surface area contributed by atoms with Gasteiger partial charge in [-0.15, -0.1) is 24.8 Å². The summed E-state index contributed by atoms with van der Waals surface area (Å²) < 4.78 is 0. The Morgan fingerprint density at radius 1 is 1.16 bits per heavy atom. The highest BCUT2D eigenvalue weighted by Crippen LogP contribution is 2.33. The van der Waals surface area contributed by atoms with E-state index in [1.807, 2.05) is 0 Å². The first-order valence-electron chi connectivity index (χ1n) is 6.98. The van der Waals surface area contributed by atoms with Crippen molar-refractivity contribution in [1.82, 2.24) is 10.2 Å². The Morgan fingerprint density at radius 2 is 1.74 bits per heavy atom. The summed E-state index contributed by atoms with van der Waals surface area (Å²) in [6.45, 7) is 3.56. The molecular weight excluding hydrogens is 285 g/mol. The van der Waals surface area contributed by atoms with Gasteiger partial charge in [-0.3, -0.25) is 4.79 Å². The van der Waals surface area contributed by atoms with Gasteiger partial charge in [-0.25, -0.2) is 0 Å². The third kappa shape index (κ3) is 4.48. The SMILES string of the molecule is Cl.Cl.NC1(C(=O)NC2CCN(CC3CC3)CC2)CC1. The number of hydrogen-bond donors (Lipinski definition) is 2. The van der Waals surface area contributed by atoms with Crippen LogP contribution in [0.5, 0.6) is 0 Å². The molecule has 0 aromatic heterocycles. The van der Waals surface area contributed by atoms with Gasteiger partial charge >= 0.3 is 0 Å². The second-order valence-electron chi connectivity index (χ2n) is 6.15. The van der Waals surface area contributed by atoms with Crippen molar-refractivity contribution in [1.29, 1.82) is 0 Å². The van der Waals surface area contributed by atoms with Crippen molar-refractivity contribution in [3.63, 3.8) is 0 Å². The molecule has 112 valence electrons. The zero-order valence-corrected chi connectivity index (χ0v) is 12.9. The van der Waals surface area contributed by atoms with Crippen molar-refractivity contribution in [2.75, 3.05) is 19.6 Å². The van der Waals surface area contributed by atoms with Crippen LogP contribution in [0.25, 0.3) is 0 Å². The molecular formula is C13H25Cl2N3O. The monoisotopic (exact) mass is 309 g/mol.